The number of fused-ring (bicyclic) bond motifs is 1. The number of ether oxygens (including phenoxy) is 2. The van der Waals surface area contributed by atoms with Gasteiger partial charge in [0.2, 0.25) is 0 Å². The van der Waals surface area contributed by atoms with Gasteiger partial charge in [0.1, 0.15) is 12.5 Å². The van der Waals surface area contributed by atoms with Crippen LogP contribution in [0.4, 0.5) is 5.69 Å². The molecule has 0 spiro atoms. The molecule has 3 unspecified atom stereocenters. The van der Waals surface area contributed by atoms with Gasteiger partial charge in [-0.1, -0.05) is 6.07 Å². The summed E-state index contributed by atoms with van der Waals surface area (Å²) >= 11 is 0. The van der Waals surface area contributed by atoms with Gasteiger partial charge in [0.15, 0.2) is 0 Å². The van der Waals surface area contributed by atoms with E-state index in [1.54, 1.807) is 18.2 Å². The molecule has 2 heterocycles. The number of carbonyl (C=O) groups excluding carboxylic acids is 2. The quantitative estimate of drug-likeness (QED) is 0.245. The van der Waals surface area contributed by atoms with E-state index in [9.17, 15) is 19.8 Å². The molecule has 0 aromatic heterocycles. The first kappa shape index (κ1) is 21.6. The second kappa shape index (κ2) is 10.1. The third kappa shape index (κ3) is 4.92. The topological polar surface area (TPSA) is 146 Å². The highest BCUT2D eigenvalue weighted by atomic mass is 16.5. The second-order valence-electron chi connectivity index (χ2n) is 6.92. The van der Waals surface area contributed by atoms with E-state index in [1.165, 1.54) is 0 Å². The molecule has 1 aromatic carbocycles. The van der Waals surface area contributed by atoms with Gasteiger partial charge in [-0.3, -0.25) is 19.8 Å². The molecule has 2 aliphatic heterocycles. The number of anilines is 1. The van der Waals surface area contributed by atoms with Gasteiger partial charge >= 0.3 is 0 Å². The Kier molecular flexibility index (Phi) is 7.53. The Hall–Kier alpha value is -2.08. The number of aliphatic hydroxyl groups is 2. The summed E-state index contributed by atoms with van der Waals surface area (Å²) in [5.74, 6) is -0.893. The van der Waals surface area contributed by atoms with E-state index in [4.69, 9.17) is 15.2 Å². The molecule has 2 amide bonds. The summed E-state index contributed by atoms with van der Waals surface area (Å²) in [5.41, 5.74) is 6.47. The third-order valence-corrected chi connectivity index (χ3v) is 4.94. The molecule has 3 atom stereocenters. The minimum atomic E-state index is -1.17. The van der Waals surface area contributed by atoms with Crippen LogP contribution in [0.25, 0.3) is 0 Å². The number of nitrogens with two attached hydrogens (primary N) is 1. The summed E-state index contributed by atoms with van der Waals surface area (Å²) in [6.07, 6.45) is -1.36. The Morgan fingerprint density at radius 2 is 1.86 bits per heavy atom. The summed E-state index contributed by atoms with van der Waals surface area (Å²) in [7, 11) is 0. The van der Waals surface area contributed by atoms with Crippen molar-refractivity contribution in [1.82, 2.24) is 10.2 Å². The average molecular weight is 408 g/mol. The smallest absolute Gasteiger partial charge is 0.264 e. The van der Waals surface area contributed by atoms with E-state index >= 15 is 0 Å². The fourth-order valence-electron chi connectivity index (χ4n) is 3.56. The normalized spacial score (nSPS) is 24.1. The number of hydrogen-bond donors (Lipinski definition) is 5. The van der Waals surface area contributed by atoms with Crippen molar-refractivity contribution in [3.8, 4) is 0 Å². The Morgan fingerprint density at radius 3 is 2.59 bits per heavy atom. The number of imide groups is 1. The van der Waals surface area contributed by atoms with Crippen LogP contribution >= 0.6 is 0 Å². The molecule has 0 aliphatic carbocycles. The van der Waals surface area contributed by atoms with Crippen LogP contribution in [-0.2, 0) is 9.47 Å². The molecule has 2 aliphatic rings. The zero-order chi connectivity index (χ0) is 20.8. The van der Waals surface area contributed by atoms with Crippen LogP contribution in [0.5, 0.6) is 0 Å². The molecule has 10 heteroatoms. The van der Waals surface area contributed by atoms with Crippen molar-refractivity contribution < 1.29 is 29.3 Å². The van der Waals surface area contributed by atoms with Gasteiger partial charge in [0, 0.05) is 18.8 Å². The van der Waals surface area contributed by atoms with Crippen LogP contribution in [0, 0.1) is 0 Å². The van der Waals surface area contributed by atoms with E-state index in [0.717, 1.165) is 4.90 Å². The highest BCUT2D eigenvalue weighted by Gasteiger charge is 2.45. The Bertz CT molecular complexity index is 731. The summed E-state index contributed by atoms with van der Waals surface area (Å²) in [6, 6.07) is 4.31. The average Bonchev–Trinajstić information content (AvgIpc) is 2.95. The number of benzene rings is 1. The third-order valence-electron chi connectivity index (χ3n) is 4.94. The summed E-state index contributed by atoms with van der Waals surface area (Å²) in [6.45, 7) is 2.73. The fraction of sp³-hybridized carbons (Fsp3) is 0.579. The van der Waals surface area contributed by atoms with E-state index < -0.39 is 30.3 Å². The van der Waals surface area contributed by atoms with E-state index in [1.807, 2.05) is 0 Å². The summed E-state index contributed by atoms with van der Waals surface area (Å²) in [5, 5.41) is 25.5. The van der Waals surface area contributed by atoms with Gasteiger partial charge < -0.3 is 30.7 Å². The number of carbonyl (C=O) groups is 2. The molecule has 29 heavy (non-hydrogen) atoms. The number of aliphatic hydroxyl groups excluding tert-OH is 2. The Balaban J connectivity index is 1.60. The first-order chi connectivity index (χ1) is 14.0. The molecule has 160 valence electrons. The predicted octanol–water partition coefficient (Wildman–Crippen LogP) is -0.925. The molecule has 10 nitrogen and oxygen atoms in total. The van der Waals surface area contributed by atoms with E-state index in [2.05, 4.69) is 10.6 Å². The minimum absolute atomic E-state index is 0.294. The highest BCUT2D eigenvalue weighted by molar-refractivity contribution is 6.24. The number of rotatable bonds is 10. The number of nitrogens with one attached hydrogen (secondary N) is 2. The van der Waals surface area contributed by atoms with Gasteiger partial charge in [0.05, 0.1) is 43.6 Å². The number of piperidine rings is 1. The minimum Gasteiger partial charge on any atom is -0.382 e. The van der Waals surface area contributed by atoms with Gasteiger partial charge in [0.25, 0.3) is 11.8 Å². The van der Waals surface area contributed by atoms with Gasteiger partial charge in [-0.05, 0) is 25.0 Å². The Labute approximate surface area is 169 Å². The zero-order valence-corrected chi connectivity index (χ0v) is 16.2. The lowest BCUT2D eigenvalue weighted by Crippen LogP contribution is -2.58. The van der Waals surface area contributed by atoms with Crippen molar-refractivity contribution in [2.75, 3.05) is 44.8 Å². The van der Waals surface area contributed by atoms with Crippen molar-refractivity contribution in [3.63, 3.8) is 0 Å². The van der Waals surface area contributed by atoms with Crippen molar-refractivity contribution >= 4 is 17.5 Å². The molecular formula is C19H28N4O6. The van der Waals surface area contributed by atoms with Crippen LogP contribution in [0.2, 0.25) is 0 Å². The van der Waals surface area contributed by atoms with Crippen LogP contribution < -0.4 is 16.4 Å². The lowest BCUT2D eigenvalue weighted by molar-refractivity contribution is -0.0413. The van der Waals surface area contributed by atoms with Gasteiger partial charge in [-0.25, -0.2) is 0 Å². The molecule has 1 fully saturated rings. The van der Waals surface area contributed by atoms with Crippen LogP contribution in [0.3, 0.4) is 0 Å². The Morgan fingerprint density at radius 1 is 1.10 bits per heavy atom. The van der Waals surface area contributed by atoms with Crippen molar-refractivity contribution in [3.05, 3.63) is 29.3 Å². The SMILES string of the molecule is NCCOCCOCCNc1cccc2c1C(=O)N(C1CCC(O)NC1O)C2=O. The second-order valence-corrected chi connectivity index (χ2v) is 6.92. The molecule has 3 rings (SSSR count). The zero-order valence-electron chi connectivity index (χ0n) is 16.2. The first-order valence-corrected chi connectivity index (χ1v) is 9.77. The van der Waals surface area contributed by atoms with Gasteiger partial charge in [-0.15, -0.1) is 0 Å². The molecule has 1 saturated heterocycles. The number of nitrogens with zero attached hydrogens (tertiary/aromatic N) is 1. The first-order valence-electron chi connectivity index (χ1n) is 9.77. The molecular weight excluding hydrogens is 380 g/mol. The molecule has 0 bridgehead atoms. The maximum atomic E-state index is 13.0. The molecule has 1 aromatic rings. The highest BCUT2D eigenvalue weighted by Crippen LogP contribution is 2.33. The number of hydrogen-bond acceptors (Lipinski definition) is 9. The largest absolute Gasteiger partial charge is 0.382 e. The fourth-order valence-corrected chi connectivity index (χ4v) is 3.56. The molecule has 6 N–H and O–H groups in total. The monoisotopic (exact) mass is 408 g/mol. The van der Waals surface area contributed by atoms with Crippen LogP contribution in [-0.4, -0.2) is 84.9 Å². The maximum absolute atomic E-state index is 13.0. The summed E-state index contributed by atoms with van der Waals surface area (Å²) < 4.78 is 10.7. The van der Waals surface area contributed by atoms with Crippen molar-refractivity contribution in [2.45, 2.75) is 31.3 Å². The maximum Gasteiger partial charge on any atom is 0.264 e. The lowest BCUT2D eigenvalue weighted by atomic mass is 10.0. The number of amides is 2. The van der Waals surface area contributed by atoms with Crippen molar-refractivity contribution in [2.24, 2.45) is 5.73 Å². The van der Waals surface area contributed by atoms with E-state index in [0.29, 0.717) is 69.2 Å². The molecule has 0 saturated carbocycles. The summed E-state index contributed by atoms with van der Waals surface area (Å²) in [4.78, 5) is 26.9. The predicted molar refractivity (Wildman–Crippen MR) is 104 cm³/mol. The van der Waals surface area contributed by atoms with Crippen molar-refractivity contribution in [1.29, 1.82) is 0 Å². The van der Waals surface area contributed by atoms with Crippen LogP contribution in [0.15, 0.2) is 18.2 Å². The lowest BCUT2D eigenvalue weighted by Gasteiger charge is -2.36. The van der Waals surface area contributed by atoms with Gasteiger partial charge in [-0.2, -0.15) is 0 Å². The molecule has 0 radical (unpaired) electrons. The standard InChI is InChI=1S/C19H28N4O6/c20-6-8-28-10-11-29-9-7-21-13-3-1-2-12-16(13)19(27)23(18(12)26)14-4-5-15(24)22-17(14)25/h1-3,14-15,17,21-22,24-25H,4-11,20H2. The van der Waals surface area contributed by atoms with E-state index in [-0.39, 0.29) is 0 Å². The van der Waals surface area contributed by atoms with Crippen LogP contribution in [0.1, 0.15) is 33.6 Å².